The molecule has 1 aromatic rings. The molecule has 2 N–H and O–H groups in total. The second-order valence-corrected chi connectivity index (χ2v) is 3.92. The first-order valence-corrected chi connectivity index (χ1v) is 5.88. The van der Waals surface area contributed by atoms with Crippen molar-refractivity contribution in [1.82, 2.24) is 5.32 Å². The number of hydrogen-bond acceptors (Lipinski definition) is 3. The molecule has 0 spiro atoms. The molecule has 1 aromatic carbocycles. The summed E-state index contributed by atoms with van der Waals surface area (Å²) in [5.41, 5.74) is 1.09. The first-order valence-electron chi connectivity index (χ1n) is 5.50. The summed E-state index contributed by atoms with van der Waals surface area (Å²) in [4.78, 5) is 0. The highest BCUT2D eigenvalue weighted by Gasteiger charge is 2.02. The van der Waals surface area contributed by atoms with Crippen molar-refractivity contribution in [2.45, 2.75) is 19.9 Å². The largest absolute Gasteiger partial charge is 0.492 e. The van der Waals surface area contributed by atoms with Crippen molar-refractivity contribution in [3.63, 3.8) is 0 Å². The molecule has 0 aliphatic rings. The fourth-order valence-corrected chi connectivity index (χ4v) is 1.55. The van der Waals surface area contributed by atoms with E-state index in [9.17, 15) is 0 Å². The summed E-state index contributed by atoms with van der Waals surface area (Å²) in [6, 6.07) is 5.74. The number of benzene rings is 1. The molecule has 0 atom stereocenters. The van der Waals surface area contributed by atoms with Gasteiger partial charge in [0.05, 0.1) is 18.2 Å². The molecule has 0 radical (unpaired) electrons. The van der Waals surface area contributed by atoms with Gasteiger partial charge in [0.2, 0.25) is 0 Å². The summed E-state index contributed by atoms with van der Waals surface area (Å²) in [6.07, 6.45) is 0.968. The number of hydrogen-bond donors (Lipinski definition) is 2. The molecule has 0 aliphatic carbocycles. The van der Waals surface area contributed by atoms with Gasteiger partial charge in [0.25, 0.3) is 0 Å². The van der Waals surface area contributed by atoms with Crippen LogP contribution in [-0.2, 0) is 6.54 Å². The second-order valence-electron chi connectivity index (χ2n) is 3.51. The van der Waals surface area contributed by atoms with E-state index in [0.717, 1.165) is 17.7 Å². The Morgan fingerprint density at radius 2 is 2.18 bits per heavy atom. The van der Waals surface area contributed by atoms with Crippen molar-refractivity contribution in [1.29, 1.82) is 0 Å². The minimum Gasteiger partial charge on any atom is -0.492 e. The van der Waals surface area contributed by atoms with Crippen LogP contribution in [0.3, 0.4) is 0 Å². The van der Waals surface area contributed by atoms with Crippen LogP contribution in [0, 0.1) is 0 Å². The van der Waals surface area contributed by atoms with Gasteiger partial charge in [-0.05, 0) is 24.1 Å². The van der Waals surface area contributed by atoms with Crippen molar-refractivity contribution < 1.29 is 9.84 Å². The van der Waals surface area contributed by atoms with Gasteiger partial charge in [-0.2, -0.15) is 0 Å². The third kappa shape index (κ3) is 6.13. The van der Waals surface area contributed by atoms with Crippen LogP contribution in [0.2, 0.25) is 5.02 Å². The Labute approximate surface area is 114 Å². The first kappa shape index (κ1) is 16.5. The van der Waals surface area contributed by atoms with E-state index in [1.165, 1.54) is 0 Å². The molecule has 5 heteroatoms. The smallest absolute Gasteiger partial charge is 0.137 e. The van der Waals surface area contributed by atoms with Crippen molar-refractivity contribution in [2.75, 3.05) is 19.8 Å². The summed E-state index contributed by atoms with van der Waals surface area (Å²) in [6.45, 7) is 4.17. The fourth-order valence-electron chi connectivity index (χ4n) is 1.30. The molecule has 0 aliphatic heterocycles. The van der Waals surface area contributed by atoms with E-state index >= 15 is 0 Å². The average Bonchev–Trinajstić information content (AvgIpc) is 2.28. The zero-order chi connectivity index (χ0) is 11.8. The van der Waals surface area contributed by atoms with Gasteiger partial charge in [-0.15, -0.1) is 12.4 Å². The number of aliphatic hydroxyl groups excluding tert-OH is 1. The molecule has 0 unspecified atom stereocenters. The standard InChI is InChI=1S/C12H18ClNO2.ClH/c1-2-7-16-12-4-3-10(8-11(12)13)9-14-5-6-15;/h3-4,8,14-15H,2,5-7,9H2,1H3;1H. The maximum absolute atomic E-state index is 8.63. The van der Waals surface area contributed by atoms with Crippen molar-refractivity contribution in [3.8, 4) is 5.75 Å². The molecule has 0 saturated heterocycles. The lowest BCUT2D eigenvalue weighted by atomic mass is 10.2. The molecule has 0 heterocycles. The van der Waals surface area contributed by atoms with Crippen LogP contribution in [0.25, 0.3) is 0 Å². The fraction of sp³-hybridized carbons (Fsp3) is 0.500. The molecule has 0 fully saturated rings. The third-order valence-corrected chi connectivity index (χ3v) is 2.37. The summed E-state index contributed by atoms with van der Waals surface area (Å²) in [5, 5.41) is 12.4. The molecular weight excluding hydrogens is 261 g/mol. The lowest BCUT2D eigenvalue weighted by Crippen LogP contribution is -2.17. The Kier molecular flexibility index (Phi) is 9.27. The van der Waals surface area contributed by atoms with Gasteiger partial charge in [-0.3, -0.25) is 0 Å². The molecule has 0 amide bonds. The second kappa shape index (κ2) is 9.54. The molecule has 0 bridgehead atoms. The molecule has 17 heavy (non-hydrogen) atoms. The molecule has 3 nitrogen and oxygen atoms in total. The summed E-state index contributed by atoms with van der Waals surface area (Å²) >= 11 is 6.08. The minimum absolute atomic E-state index is 0. The Balaban J connectivity index is 0.00000256. The highest BCUT2D eigenvalue weighted by atomic mass is 35.5. The monoisotopic (exact) mass is 279 g/mol. The summed E-state index contributed by atoms with van der Waals surface area (Å²) in [7, 11) is 0. The number of rotatable bonds is 7. The Morgan fingerprint density at radius 3 is 2.76 bits per heavy atom. The maximum Gasteiger partial charge on any atom is 0.137 e. The number of halogens is 2. The Morgan fingerprint density at radius 1 is 1.41 bits per heavy atom. The van der Waals surface area contributed by atoms with Crippen LogP contribution in [0.5, 0.6) is 5.75 Å². The van der Waals surface area contributed by atoms with Gasteiger partial charge in [-0.25, -0.2) is 0 Å². The topological polar surface area (TPSA) is 41.5 Å². The number of aliphatic hydroxyl groups is 1. The summed E-state index contributed by atoms with van der Waals surface area (Å²) < 4.78 is 5.47. The zero-order valence-corrected chi connectivity index (χ0v) is 11.5. The number of ether oxygens (including phenoxy) is 1. The van der Waals surface area contributed by atoms with Gasteiger partial charge in [-0.1, -0.05) is 24.6 Å². The van der Waals surface area contributed by atoms with Crippen LogP contribution in [0.4, 0.5) is 0 Å². The quantitative estimate of drug-likeness (QED) is 0.754. The van der Waals surface area contributed by atoms with Gasteiger partial charge in [0.1, 0.15) is 5.75 Å². The van der Waals surface area contributed by atoms with Crippen molar-refractivity contribution in [2.24, 2.45) is 0 Å². The lowest BCUT2D eigenvalue weighted by molar-refractivity contribution is 0.292. The van der Waals surface area contributed by atoms with E-state index in [0.29, 0.717) is 24.7 Å². The van der Waals surface area contributed by atoms with E-state index in [1.54, 1.807) is 0 Å². The SMILES string of the molecule is CCCOc1ccc(CNCCO)cc1Cl.Cl. The van der Waals surface area contributed by atoms with E-state index in [-0.39, 0.29) is 19.0 Å². The van der Waals surface area contributed by atoms with Gasteiger partial charge in [0, 0.05) is 13.1 Å². The average molecular weight is 280 g/mol. The van der Waals surface area contributed by atoms with E-state index < -0.39 is 0 Å². The highest BCUT2D eigenvalue weighted by molar-refractivity contribution is 6.32. The zero-order valence-electron chi connectivity index (χ0n) is 9.91. The van der Waals surface area contributed by atoms with Crippen molar-refractivity contribution in [3.05, 3.63) is 28.8 Å². The first-order chi connectivity index (χ1) is 7.77. The number of nitrogens with one attached hydrogen (secondary N) is 1. The normalized spacial score (nSPS) is 9.82. The molecule has 98 valence electrons. The molecule has 0 aromatic heterocycles. The van der Waals surface area contributed by atoms with Gasteiger partial charge in [0.15, 0.2) is 0 Å². The lowest BCUT2D eigenvalue weighted by Gasteiger charge is -2.09. The third-order valence-electron chi connectivity index (χ3n) is 2.08. The predicted octanol–water partition coefficient (Wildman–Crippen LogP) is 2.63. The maximum atomic E-state index is 8.63. The van der Waals surface area contributed by atoms with E-state index in [2.05, 4.69) is 12.2 Å². The Hall–Kier alpha value is -0.480. The Bertz CT molecular complexity index is 321. The van der Waals surface area contributed by atoms with E-state index in [4.69, 9.17) is 21.4 Å². The van der Waals surface area contributed by atoms with Gasteiger partial charge >= 0.3 is 0 Å². The van der Waals surface area contributed by atoms with Crippen LogP contribution in [0.15, 0.2) is 18.2 Å². The van der Waals surface area contributed by atoms with Crippen LogP contribution < -0.4 is 10.1 Å². The van der Waals surface area contributed by atoms with Crippen LogP contribution in [0.1, 0.15) is 18.9 Å². The van der Waals surface area contributed by atoms with Crippen molar-refractivity contribution >= 4 is 24.0 Å². The molecule has 1 rings (SSSR count). The van der Waals surface area contributed by atoms with E-state index in [1.807, 2.05) is 18.2 Å². The van der Waals surface area contributed by atoms with Crippen LogP contribution in [-0.4, -0.2) is 24.9 Å². The summed E-state index contributed by atoms with van der Waals surface area (Å²) in [5.74, 6) is 0.731. The van der Waals surface area contributed by atoms with Crippen LogP contribution >= 0.6 is 24.0 Å². The highest BCUT2D eigenvalue weighted by Crippen LogP contribution is 2.25. The van der Waals surface area contributed by atoms with Gasteiger partial charge < -0.3 is 15.2 Å². The molecular formula is C12H19Cl2NO2. The molecule has 0 saturated carbocycles. The predicted molar refractivity (Wildman–Crippen MR) is 73.3 cm³/mol. The minimum atomic E-state index is 0.